The van der Waals surface area contributed by atoms with Gasteiger partial charge in [-0.05, 0) is 27.2 Å². The highest BCUT2D eigenvalue weighted by molar-refractivity contribution is 5.77. The van der Waals surface area contributed by atoms with Crippen molar-refractivity contribution in [1.29, 1.82) is 0 Å². The first-order valence-electron chi connectivity index (χ1n) is 6.26. The molecule has 16 heavy (non-hydrogen) atoms. The number of ether oxygens (including phenoxy) is 1. The van der Waals surface area contributed by atoms with E-state index in [1.54, 1.807) is 0 Å². The SMILES string of the molecule is CCOCCCC(=O)N1C(C)CNCC1C. The van der Waals surface area contributed by atoms with Crippen LogP contribution in [0.2, 0.25) is 0 Å². The standard InChI is InChI=1S/C12H24N2O2/c1-4-16-7-5-6-12(15)14-10(2)8-13-9-11(14)3/h10-11,13H,4-9H2,1-3H3. The molecule has 0 radical (unpaired) electrons. The molecular weight excluding hydrogens is 204 g/mol. The van der Waals surface area contributed by atoms with Crippen LogP contribution in [-0.4, -0.2) is 49.2 Å². The Kier molecular flexibility index (Phi) is 5.77. The first-order chi connectivity index (χ1) is 7.66. The van der Waals surface area contributed by atoms with Gasteiger partial charge in [0.05, 0.1) is 0 Å². The van der Waals surface area contributed by atoms with Crippen molar-refractivity contribution in [3.8, 4) is 0 Å². The van der Waals surface area contributed by atoms with E-state index in [-0.39, 0.29) is 5.91 Å². The van der Waals surface area contributed by atoms with Crippen molar-refractivity contribution in [3.05, 3.63) is 0 Å². The number of rotatable bonds is 5. The van der Waals surface area contributed by atoms with Gasteiger partial charge < -0.3 is 15.0 Å². The lowest BCUT2D eigenvalue weighted by Gasteiger charge is -2.39. The second kappa shape index (κ2) is 6.86. The molecule has 1 amide bonds. The highest BCUT2D eigenvalue weighted by atomic mass is 16.5. The number of nitrogens with zero attached hydrogens (tertiary/aromatic N) is 1. The molecule has 0 aromatic heterocycles. The van der Waals surface area contributed by atoms with Crippen LogP contribution in [-0.2, 0) is 9.53 Å². The Morgan fingerprint density at radius 3 is 2.56 bits per heavy atom. The minimum atomic E-state index is 0.265. The summed E-state index contributed by atoms with van der Waals surface area (Å²) in [4.78, 5) is 14.0. The molecule has 1 N–H and O–H groups in total. The third-order valence-electron chi connectivity index (χ3n) is 3.00. The Morgan fingerprint density at radius 1 is 1.38 bits per heavy atom. The number of carbonyl (C=O) groups is 1. The number of nitrogens with one attached hydrogen (secondary N) is 1. The predicted octanol–water partition coefficient (Wildman–Crippen LogP) is 1.01. The Hall–Kier alpha value is -0.610. The van der Waals surface area contributed by atoms with Crippen molar-refractivity contribution in [2.24, 2.45) is 0 Å². The molecule has 0 bridgehead atoms. The van der Waals surface area contributed by atoms with E-state index in [4.69, 9.17) is 4.74 Å². The van der Waals surface area contributed by atoms with Gasteiger partial charge in [0.1, 0.15) is 0 Å². The quantitative estimate of drug-likeness (QED) is 0.714. The van der Waals surface area contributed by atoms with Gasteiger partial charge in [0.15, 0.2) is 0 Å². The Labute approximate surface area is 98.3 Å². The number of carbonyl (C=O) groups excluding carboxylic acids is 1. The third-order valence-corrected chi connectivity index (χ3v) is 3.00. The molecule has 1 rings (SSSR count). The van der Waals surface area contributed by atoms with Gasteiger partial charge in [-0.15, -0.1) is 0 Å². The lowest BCUT2D eigenvalue weighted by atomic mass is 10.1. The predicted molar refractivity (Wildman–Crippen MR) is 64.4 cm³/mol. The normalized spacial score (nSPS) is 25.8. The number of hydrogen-bond acceptors (Lipinski definition) is 3. The van der Waals surface area contributed by atoms with Crippen molar-refractivity contribution in [3.63, 3.8) is 0 Å². The zero-order valence-electron chi connectivity index (χ0n) is 10.7. The smallest absolute Gasteiger partial charge is 0.223 e. The van der Waals surface area contributed by atoms with Gasteiger partial charge in [-0.25, -0.2) is 0 Å². The summed E-state index contributed by atoms with van der Waals surface area (Å²) in [7, 11) is 0. The molecule has 0 aliphatic carbocycles. The highest BCUT2D eigenvalue weighted by Crippen LogP contribution is 2.12. The van der Waals surface area contributed by atoms with E-state index in [9.17, 15) is 4.79 Å². The molecule has 0 saturated carbocycles. The summed E-state index contributed by atoms with van der Waals surface area (Å²) in [5.41, 5.74) is 0. The van der Waals surface area contributed by atoms with Crippen molar-refractivity contribution in [1.82, 2.24) is 10.2 Å². The monoisotopic (exact) mass is 228 g/mol. The van der Waals surface area contributed by atoms with E-state index in [1.807, 2.05) is 11.8 Å². The van der Waals surface area contributed by atoms with Gasteiger partial charge in [-0.3, -0.25) is 4.79 Å². The summed E-state index contributed by atoms with van der Waals surface area (Å²) in [6.45, 7) is 9.41. The lowest BCUT2D eigenvalue weighted by molar-refractivity contribution is -0.136. The first-order valence-corrected chi connectivity index (χ1v) is 6.26. The van der Waals surface area contributed by atoms with Crippen LogP contribution >= 0.6 is 0 Å². The molecule has 0 aromatic carbocycles. The molecule has 1 saturated heterocycles. The van der Waals surface area contributed by atoms with Crippen molar-refractivity contribution in [2.45, 2.75) is 45.7 Å². The van der Waals surface area contributed by atoms with Gasteiger partial charge in [-0.1, -0.05) is 0 Å². The molecular formula is C12H24N2O2. The third kappa shape index (κ3) is 3.76. The molecule has 1 heterocycles. The van der Waals surface area contributed by atoms with E-state index in [1.165, 1.54) is 0 Å². The van der Waals surface area contributed by atoms with Gasteiger partial charge in [0.2, 0.25) is 5.91 Å². The number of hydrogen-bond donors (Lipinski definition) is 1. The minimum Gasteiger partial charge on any atom is -0.382 e. The molecule has 4 heteroatoms. The molecule has 0 aromatic rings. The fourth-order valence-electron chi connectivity index (χ4n) is 2.22. The topological polar surface area (TPSA) is 41.6 Å². The van der Waals surface area contributed by atoms with Crippen LogP contribution < -0.4 is 5.32 Å². The van der Waals surface area contributed by atoms with E-state index < -0.39 is 0 Å². The zero-order chi connectivity index (χ0) is 12.0. The molecule has 2 atom stereocenters. The summed E-state index contributed by atoms with van der Waals surface area (Å²) in [5.74, 6) is 0.265. The van der Waals surface area contributed by atoms with Crippen LogP contribution in [0.3, 0.4) is 0 Å². The van der Waals surface area contributed by atoms with Crippen LogP contribution in [0.1, 0.15) is 33.6 Å². The lowest BCUT2D eigenvalue weighted by Crippen LogP contribution is -2.57. The van der Waals surface area contributed by atoms with Crippen LogP contribution in [0.5, 0.6) is 0 Å². The molecule has 2 unspecified atom stereocenters. The van der Waals surface area contributed by atoms with Gasteiger partial charge in [-0.2, -0.15) is 0 Å². The fraction of sp³-hybridized carbons (Fsp3) is 0.917. The van der Waals surface area contributed by atoms with Gasteiger partial charge in [0, 0.05) is 44.8 Å². The zero-order valence-corrected chi connectivity index (χ0v) is 10.7. The van der Waals surface area contributed by atoms with Crippen molar-refractivity contribution >= 4 is 5.91 Å². The first kappa shape index (κ1) is 13.5. The minimum absolute atomic E-state index is 0.265. The second-order valence-electron chi connectivity index (χ2n) is 4.46. The average molecular weight is 228 g/mol. The largest absolute Gasteiger partial charge is 0.382 e. The Bertz CT molecular complexity index is 211. The van der Waals surface area contributed by atoms with Crippen molar-refractivity contribution in [2.75, 3.05) is 26.3 Å². The fourth-order valence-corrected chi connectivity index (χ4v) is 2.22. The highest BCUT2D eigenvalue weighted by Gasteiger charge is 2.27. The van der Waals surface area contributed by atoms with E-state index >= 15 is 0 Å². The molecule has 0 spiro atoms. The maximum atomic E-state index is 12.0. The van der Waals surface area contributed by atoms with E-state index in [2.05, 4.69) is 19.2 Å². The molecule has 94 valence electrons. The van der Waals surface area contributed by atoms with Crippen LogP contribution in [0.25, 0.3) is 0 Å². The maximum absolute atomic E-state index is 12.0. The summed E-state index contributed by atoms with van der Waals surface area (Å²) < 4.78 is 5.24. The molecule has 4 nitrogen and oxygen atoms in total. The number of piperazine rings is 1. The Balaban J connectivity index is 2.33. The second-order valence-corrected chi connectivity index (χ2v) is 4.46. The number of amides is 1. The van der Waals surface area contributed by atoms with Gasteiger partial charge >= 0.3 is 0 Å². The Morgan fingerprint density at radius 2 is 2.00 bits per heavy atom. The summed E-state index contributed by atoms with van der Waals surface area (Å²) in [6.07, 6.45) is 1.44. The van der Waals surface area contributed by atoms with Crippen LogP contribution in [0.4, 0.5) is 0 Å². The van der Waals surface area contributed by atoms with Crippen LogP contribution in [0.15, 0.2) is 0 Å². The van der Waals surface area contributed by atoms with Gasteiger partial charge in [0.25, 0.3) is 0 Å². The van der Waals surface area contributed by atoms with E-state index in [0.717, 1.165) is 26.1 Å². The molecule has 1 aliphatic heterocycles. The summed E-state index contributed by atoms with van der Waals surface area (Å²) >= 11 is 0. The molecule has 1 aliphatic rings. The average Bonchev–Trinajstić information content (AvgIpc) is 2.24. The summed E-state index contributed by atoms with van der Waals surface area (Å²) in [5, 5.41) is 3.33. The van der Waals surface area contributed by atoms with Crippen LogP contribution in [0, 0.1) is 0 Å². The van der Waals surface area contributed by atoms with Crippen molar-refractivity contribution < 1.29 is 9.53 Å². The molecule has 1 fully saturated rings. The maximum Gasteiger partial charge on any atom is 0.223 e. The summed E-state index contributed by atoms with van der Waals surface area (Å²) in [6, 6.07) is 0.617. The van der Waals surface area contributed by atoms with E-state index in [0.29, 0.717) is 25.1 Å².